The lowest BCUT2D eigenvalue weighted by molar-refractivity contribution is -0.0551. The van der Waals surface area contributed by atoms with E-state index in [1.165, 1.54) is 7.11 Å². The van der Waals surface area contributed by atoms with Crippen LogP contribution in [-0.2, 0) is 11.2 Å². The fourth-order valence-corrected chi connectivity index (χ4v) is 3.31. The van der Waals surface area contributed by atoms with E-state index in [0.717, 1.165) is 31.4 Å². The Kier molecular flexibility index (Phi) is 6.67. The smallest absolute Gasteiger partial charge is 0.337 e. The summed E-state index contributed by atoms with van der Waals surface area (Å²) in [6.07, 6.45) is 6.21. The number of halogens is 2. The Hall–Kier alpha value is -2.41. The predicted molar refractivity (Wildman–Crippen MR) is 102 cm³/mol. The quantitative estimate of drug-likeness (QED) is 0.530. The van der Waals surface area contributed by atoms with Crippen LogP contribution in [0.5, 0.6) is 0 Å². The number of piperidine rings is 1. The Morgan fingerprint density at radius 1 is 1.14 bits per heavy atom. The first-order valence-corrected chi connectivity index (χ1v) is 9.57. The first-order chi connectivity index (χ1) is 13.5. The van der Waals surface area contributed by atoms with Crippen molar-refractivity contribution in [1.82, 2.24) is 14.9 Å². The van der Waals surface area contributed by atoms with Crippen molar-refractivity contribution in [2.75, 3.05) is 26.7 Å². The van der Waals surface area contributed by atoms with E-state index in [9.17, 15) is 13.6 Å². The molecule has 3 rings (SSSR count). The van der Waals surface area contributed by atoms with Gasteiger partial charge in [0, 0.05) is 38.3 Å². The molecule has 0 radical (unpaired) electrons. The van der Waals surface area contributed by atoms with Gasteiger partial charge in [-0.15, -0.1) is 0 Å². The number of carbonyl (C=O) groups excluding carboxylic acids is 1. The number of carbonyl (C=O) groups is 1. The molecule has 150 valence electrons. The summed E-state index contributed by atoms with van der Waals surface area (Å²) in [7, 11) is 1.34. The van der Waals surface area contributed by atoms with E-state index in [4.69, 9.17) is 4.74 Å². The third kappa shape index (κ3) is 5.55. The van der Waals surface area contributed by atoms with Crippen molar-refractivity contribution in [3.63, 3.8) is 0 Å². The van der Waals surface area contributed by atoms with Crippen LogP contribution in [0.15, 0.2) is 36.7 Å². The molecule has 1 aliphatic heterocycles. The van der Waals surface area contributed by atoms with Crippen LogP contribution in [0.25, 0.3) is 11.4 Å². The molecule has 1 saturated heterocycles. The molecule has 2 aromatic rings. The van der Waals surface area contributed by atoms with Crippen LogP contribution in [0.4, 0.5) is 8.78 Å². The first kappa shape index (κ1) is 20.3. The van der Waals surface area contributed by atoms with Crippen LogP contribution in [0.2, 0.25) is 0 Å². The number of methoxy groups -OCH3 is 1. The summed E-state index contributed by atoms with van der Waals surface area (Å²) in [4.78, 5) is 22.5. The average molecular weight is 389 g/mol. The third-order valence-corrected chi connectivity index (χ3v) is 5.05. The van der Waals surface area contributed by atoms with E-state index in [1.807, 2.05) is 18.3 Å². The second-order valence-corrected chi connectivity index (χ2v) is 7.13. The van der Waals surface area contributed by atoms with Crippen molar-refractivity contribution in [3.05, 3.63) is 47.8 Å². The molecule has 3 heterocycles. The van der Waals surface area contributed by atoms with Gasteiger partial charge in [0.2, 0.25) is 0 Å². The molecule has 1 aliphatic rings. The van der Waals surface area contributed by atoms with E-state index >= 15 is 0 Å². The molecule has 0 bridgehead atoms. The summed E-state index contributed by atoms with van der Waals surface area (Å²) in [6.45, 7) is 1.84. The highest BCUT2D eigenvalue weighted by Crippen LogP contribution is 2.27. The van der Waals surface area contributed by atoms with Gasteiger partial charge < -0.3 is 9.64 Å². The molecule has 0 N–H and O–H groups in total. The average Bonchev–Trinajstić information content (AvgIpc) is 2.72. The minimum atomic E-state index is -2.48. The Balaban J connectivity index is 1.47. The van der Waals surface area contributed by atoms with E-state index in [0.29, 0.717) is 30.0 Å². The van der Waals surface area contributed by atoms with Gasteiger partial charge in [0.05, 0.1) is 24.1 Å². The lowest BCUT2D eigenvalue weighted by Gasteiger charge is -2.31. The molecule has 0 aliphatic carbocycles. The molecule has 7 heteroatoms. The number of unbranched alkanes of at least 4 members (excludes halogenated alkanes) is 1. The maximum Gasteiger partial charge on any atom is 0.337 e. The summed E-state index contributed by atoms with van der Waals surface area (Å²) in [6, 6.07) is 7.17. The Morgan fingerprint density at radius 3 is 2.61 bits per heavy atom. The summed E-state index contributed by atoms with van der Waals surface area (Å²) in [5, 5.41) is 0. The number of esters is 1. The fourth-order valence-electron chi connectivity index (χ4n) is 3.31. The van der Waals surface area contributed by atoms with Gasteiger partial charge in [-0.1, -0.05) is 6.07 Å². The largest absolute Gasteiger partial charge is 0.465 e. The van der Waals surface area contributed by atoms with Gasteiger partial charge in [0.1, 0.15) is 0 Å². The van der Waals surface area contributed by atoms with E-state index in [1.54, 1.807) is 18.3 Å². The lowest BCUT2D eigenvalue weighted by atomic mass is 10.1. The molecule has 0 spiro atoms. The molecule has 0 saturated carbocycles. The minimum absolute atomic E-state index is 0.0242. The number of hydrogen-bond donors (Lipinski definition) is 0. The number of hydrogen-bond acceptors (Lipinski definition) is 5. The highest BCUT2D eigenvalue weighted by Gasteiger charge is 2.33. The first-order valence-electron chi connectivity index (χ1n) is 9.57. The van der Waals surface area contributed by atoms with Gasteiger partial charge in [-0.25, -0.2) is 13.6 Å². The van der Waals surface area contributed by atoms with Gasteiger partial charge in [0.15, 0.2) is 0 Å². The van der Waals surface area contributed by atoms with Crippen molar-refractivity contribution in [2.24, 2.45) is 0 Å². The number of rotatable bonds is 7. The van der Waals surface area contributed by atoms with E-state index < -0.39 is 11.9 Å². The zero-order chi connectivity index (χ0) is 20.0. The molecule has 0 unspecified atom stereocenters. The number of aryl methyl sites for hydroxylation is 1. The Labute approximate surface area is 163 Å². The van der Waals surface area contributed by atoms with Crippen LogP contribution >= 0.6 is 0 Å². The van der Waals surface area contributed by atoms with Crippen LogP contribution < -0.4 is 0 Å². The summed E-state index contributed by atoms with van der Waals surface area (Å²) in [5.41, 5.74) is 2.88. The number of aromatic nitrogens is 2. The maximum absolute atomic E-state index is 13.2. The highest BCUT2D eigenvalue weighted by atomic mass is 19.3. The number of alkyl halides is 2. The normalized spacial score (nSPS) is 16.7. The minimum Gasteiger partial charge on any atom is -0.465 e. The fraction of sp³-hybridized carbons (Fsp3) is 0.476. The van der Waals surface area contributed by atoms with Crippen LogP contribution in [0, 0.1) is 0 Å². The number of pyridine rings is 2. The number of ether oxygens (including phenoxy) is 1. The monoisotopic (exact) mass is 389 g/mol. The van der Waals surface area contributed by atoms with Crippen LogP contribution in [0.3, 0.4) is 0 Å². The molecule has 0 atom stereocenters. The zero-order valence-corrected chi connectivity index (χ0v) is 16.0. The summed E-state index contributed by atoms with van der Waals surface area (Å²) >= 11 is 0. The van der Waals surface area contributed by atoms with E-state index in [-0.39, 0.29) is 12.8 Å². The van der Waals surface area contributed by atoms with E-state index in [2.05, 4.69) is 14.9 Å². The molecule has 1 fully saturated rings. The van der Waals surface area contributed by atoms with Crippen molar-refractivity contribution in [3.8, 4) is 11.4 Å². The van der Waals surface area contributed by atoms with Crippen molar-refractivity contribution < 1.29 is 18.3 Å². The molecule has 2 aromatic heterocycles. The van der Waals surface area contributed by atoms with Gasteiger partial charge >= 0.3 is 5.97 Å². The topological polar surface area (TPSA) is 55.3 Å². The lowest BCUT2D eigenvalue weighted by Crippen LogP contribution is -2.39. The molecular weight excluding hydrogens is 364 g/mol. The molecule has 0 amide bonds. The number of nitrogens with zero attached hydrogens (tertiary/aromatic N) is 3. The second kappa shape index (κ2) is 9.19. The maximum atomic E-state index is 13.2. The zero-order valence-electron chi connectivity index (χ0n) is 16.0. The van der Waals surface area contributed by atoms with Gasteiger partial charge in [-0.3, -0.25) is 9.97 Å². The highest BCUT2D eigenvalue weighted by molar-refractivity contribution is 5.90. The van der Waals surface area contributed by atoms with Gasteiger partial charge in [0.25, 0.3) is 5.92 Å². The number of likely N-dealkylation sites (tertiary alicyclic amines) is 1. The van der Waals surface area contributed by atoms with Crippen molar-refractivity contribution in [1.29, 1.82) is 0 Å². The van der Waals surface area contributed by atoms with Crippen molar-refractivity contribution in [2.45, 2.75) is 38.0 Å². The van der Waals surface area contributed by atoms with Gasteiger partial charge in [-0.05, 0) is 49.6 Å². The summed E-state index contributed by atoms with van der Waals surface area (Å²) < 4.78 is 31.1. The SMILES string of the molecule is COC(=O)c1ccnc(-c2ccc(CCCCN3CCC(F)(F)CC3)cn2)c1. The van der Waals surface area contributed by atoms with Gasteiger partial charge in [-0.2, -0.15) is 0 Å². The molecule has 28 heavy (non-hydrogen) atoms. The third-order valence-electron chi connectivity index (χ3n) is 5.05. The molecular formula is C21H25F2N3O2. The standard InChI is InChI=1S/C21H25F2N3O2/c1-28-20(27)17-7-10-24-19(14-17)18-6-5-16(15-25-18)4-2-3-11-26-12-8-21(22,23)9-13-26/h5-7,10,14-15H,2-4,8-9,11-13H2,1H3. The Morgan fingerprint density at radius 2 is 1.93 bits per heavy atom. The Bertz CT molecular complexity index is 786. The van der Waals surface area contributed by atoms with Crippen LogP contribution in [0.1, 0.15) is 41.6 Å². The second-order valence-electron chi connectivity index (χ2n) is 7.13. The van der Waals surface area contributed by atoms with Crippen molar-refractivity contribution >= 4 is 5.97 Å². The summed E-state index contributed by atoms with van der Waals surface area (Å²) in [5.74, 6) is -2.88. The molecule has 5 nitrogen and oxygen atoms in total. The molecule has 0 aromatic carbocycles. The van der Waals surface area contributed by atoms with Crippen LogP contribution in [-0.4, -0.2) is 53.5 Å². The predicted octanol–water partition coefficient (Wildman–Crippen LogP) is 3.98.